The second kappa shape index (κ2) is 6.75. The van der Waals surface area contributed by atoms with Crippen LogP contribution >= 0.6 is 15.9 Å². The lowest BCUT2D eigenvalue weighted by Crippen LogP contribution is -2.21. The predicted molar refractivity (Wildman–Crippen MR) is 71.8 cm³/mol. The van der Waals surface area contributed by atoms with Crippen LogP contribution < -0.4 is 5.32 Å². The van der Waals surface area contributed by atoms with Gasteiger partial charge in [-0.1, -0.05) is 29.3 Å². The number of nitrogens with zero attached hydrogens (tertiary/aromatic N) is 1. The first-order valence-electron chi connectivity index (χ1n) is 5.86. The summed E-state index contributed by atoms with van der Waals surface area (Å²) in [6.07, 6.45) is -3.51. The molecule has 0 bridgehead atoms. The van der Waals surface area contributed by atoms with E-state index in [4.69, 9.17) is 5.26 Å². The molecule has 0 aromatic heterocycles. The quantitative estimate of drug-likeness (QED) is 0.879. The summed E-state index contributed by atoms with van der Waals surface area (Å²) in [4.78, 5) is 11.8. The summed E-state index contributed by atoms with van der Waals surface area (Å²) in [7, 11) is 0. The van der Waals surface area contributed by atoms with Gasteiger partial charge in [0.2, 0.25) is 5.91 Å². The van der Waals surface area contributed by atoms with E-state index in [1.54, 1.807) is 0 Å². The Labute approximate surface area is 122 Å². The SMILES string of the molecule is CCCC(C#N)C(=O)Nc1ccc(Br)c(C(F)(F)F)c1. The minimum Gasteiger partial charge on any atom is -0.325 e. The Balaban J connectivity index is 2.94. The smallest absolute Gasteiger partial charge is 0.325 e. The Morgan fingerprint density at radius 1 is 1.50 bits per heavy atom. The Morgan fingerprint density at radius 3 is 2.65 bits per heavy atom. The van der Waals surface area contributed by atoms with Gasteiger partial charge >= 0.3 is 6.18 Å². The van der Waals surface area contributed by atoms with Crippen molar-refractivity contribution in [2.24, 2.45) is 5.92 Å². The third kappa shape index (κ3) is 4.23. The zero-order chi connectivity index (χ0) is 15.3. The van der Waals surface area contributed by atoms with E-state index in [9.17, 15) is 18.0 Å². The first kappa shape index (κ1) is 16.5. The summed E-state index contributed by atoms with van der Waals surface area (Å²) in [6, 6.07) is 5.22. The Morgan fingerprint density at radius 2 is 2.15 bits per heavy atom. The van der Waals surface area contributed by atoms with Gasteiger partial charge in [-0.25, -0.2) is 0 Å². The summed E-state index contributed by atoms with van der Waals surface area (Å²) in [6.45, 7) is 1.82. The molecule has 0 spiro atoms. The highest BCUT2D eigenvalue weighted by Crippen LogP contribution is 2.36. The topological polar surface area (TPSA) is 52.9 Å². The maximum Gasteiger partial charge on any atom is 0.417 e. The number of rotatable bonds is 4. The largest absolute Gasteiger partial charge is 0.417 e. The predicted octanol–water partition coefficient (Wildman–Crippen LogP) is 4.35. The summed E-state index contributed by atoms with van der Waals surface area (Å²) < 4.78 is 38.0. The molecule has 1 aromatic rings. The van der Waals surface area contributed by atoms with Gasteiger partial charge in [-0.3, -0.25) is 4.79 Å². The van der Waals surface area contributed by atoms with E-state index in [1.165, 1.54) is 12.1 Å². The molecule has 1 amide bonds. The minimum absolute atomic E-state index is 0.0156. The van der Waals surface area contributed by atoms with E-state index in [-0.39, 0.29) is 10.2 Å². The average molecular weight is 349 g/mol. The fourth-order valence-electron chi connectivity index (χ4n) is 1.59. The molecular formula is C13H12BrF3N2O. The normalized spacial score (nSPS) is 12.6. The van der Waals surface area contributed by atoms with Crippen LogP contribution in [0.3, 0.4) is 0 Å². The van der Waals surface area contributed by atoms with Crippen molar-refractivity contribution >= 4 is 27.5 Å². The van der Waals surface area contributed by atoms with E-state index in [2.05, 4.69) is 21.2 Å². The number of alkyl halides is 3. The van der Waals surface area contributed by atoms with Crippen LogP contribution in [0.2, 0.25) is 0 Å². The number of halogens is 4. The lowest BCUT2D eigenvalue weighted by Gasteiger charge is -2.13. The second-order valence-corrected chi connectivity index (χ2v) is 5.01. The molecular weight excluding hydrogens is 337 g/mol. The lowest BCUT2D eigenvalue weighted by molar-refractivity contribution is -0.138. The average Bonchev–Trinajstić information content (AvgIpc) is 2.36. The van der Waals surface area contributed by atoms with Gasteiger partial charge in [0.25, 0.3) is 0 Å². The third-order valence-electron chi connectivity index (χ3n) is 2.59. The molecule has 108 valence electrons. The van der Waals surface area contributed by atoms with Gasteiger partial charge in [-0.2, -0.15) is 18.4 Å². The van der Waals surface area contributed by atoms with Crippen LogP contribution in [0.25, 0.3) is 0 Å². The molecule has 1 unspecified atom stereocenters. The standard InChI is InChI=1S/C13H12BrF3N2O/c1-2-3-8(7-18)12(20)19-9-4-5-11(14)10(6-9)13(15,16)17/h4-6,8H,2-3H2,1H3,(H,19,20). The summed E-state index contributed by atoms with van der Waals surface area (Å²) in [5.41, 5.74) is -0.860. The van der Waals surface area contributed by atoms with E-state index < -0.39 is 23.6 Å². The minimum atomic E-state index is -4.52. The number of carbonyl (C=O) groups is 1. The number of nitrogens with one attached hydrogen (secondary N) is 1. The summed E-state index contributed by atoms with van der Waals surface area (Å²) in [5.74, 6) is -1.46. The number of hydrogen-bond donors (Lipinski definition) is 1. The molecule has 0 saturated heterocycles. The maximum absolute atomic E-state index is 12.7. The zero-order valence-corrected chi connectivity index (χ0v) is 12.2. The van der Waals surface area contributed by atoms with E-state index in [1.807, 2.05) is 13.0 Å². The molecule has 0 heterocycles. The number of anilines is 1. The molecule has 0 aliphatic heterocycles. The zero-order valence-electron chi connectivity index (χ0n) is 10.6. The second-order valence-electron chi connectivity index (χ2n) is 4.15. The molecule has 0 fully saturated rings. The molecule has 1 rings (SSSR count). The van der Waals surface area contributed by atoms with Crippen LogP contribution in [0.1, 0.15) is 25.3 Å². The van der Waals surface area contributed by atoms with Crippen LogP contribution in [0, 0.1) is 17.2 Å². The highest BCUT2D eigenvalue weighted by molar-refractivity contribution is 9.10. The van der Waals surface area contributed by atoms with Crippen LogP contribution in [-0.4, -0.2) is 5.91 Å². The molecule has 20 heavy (non-hydrogen) atoms. The van der Waals surface area contributed by atoms with E-state index >= 15 is 0 Å². The number of benzene rings is 1. The van der Waals surface area contributed by atoms with Crippen molar-refractivity contribution in [2.45, 2.75) is 25.9 Å². The van der Waals surface area contributed by atoms with Gasteiger partial charge in [-0.05, 0) is 24.6 Å². The van der Waals surface area contributed by atoms with Crippen molar-refractivity contribution in [3.05, 3.63) is 28.2 Å². The van der Waals surface area contributed by atoms with E-state index in [0.29, 0.717) is 12.8 Å². The van der Waals surface area contributed by atoms with Crippen LogP contribution in [0.15, 0.2) is 22.7 Å². The van der Waals surface area contributed by atoms with Crippen LogP contribution in [-0.2, 0) is 11.0 Å². The van der Waals surface area contributed by atoms with Gasteiger partial charge in [0.1, 0.15) is 5.92 Å². The Hall–Kier alpha value is -1.55. The van der Waals surface area contributed by atoms with Gasteiger partial charge in [0.15, 0.2) is 0 Å². The monoisotopic (exact) mass is 348 g/mol. The van der Waals surface area contributed by atoms with Gasteiger partial charge in [0, 0.05) is 10.2 Å². The molecule has 3 nitrogen and oxygen atoms in total. The number of nitriles is 1. The van der Waals surface area contributed by atoms with Crippen molar-refractivity contribution in [3.63, 3.8) is 0 Å². The molecule has 0 saturated carbocycles. The van der Waals surface area contributed by atoms with Crippen molar-refractivity contribution in [3.8, 4) is 6.07 Å². The summed E-state index contributed by atoms with van der Waals surface area (Å²) >= 11 is 2.81. The number of amides is 1. The highest BCUT2D eigenvalue weighted by atomic mass is 79.9. The highest BCUT2D eigenvalue weighted by Gasteiger charge is 2.33. The third-order valence-corrected chi connectivity index (χ3v) is 3.28. The molecule has 0 aliphatic carbocycles. The lowest BCUT2D eigenvalue weighted by atomic mass is 10.0. The molecule has 1 atom stereocenters. The van der Waals surface area contributed by atoms with Crippen molar-refractivity contribution in [1.29, 1.82) is 5.26 Å². The Kier molecular flexibility index (Phi) is 5.57. The molecule has 0 radical (unpaired) electrons. The van der Waals surface area contributed by atoms with Crippen molar-refractivity contribution in [1.82, 2.24) is 0 Å². The number of carbonyl (C=O) groups excluding carboxylic acids is 1. The van der Waals surface area contributed by atoms with Gasteiger partial charge in [-0.15, -0.1) is 0 Å². The first-order valence-corrected chi connectivity index (χ1v) is 6.66. The maximum atomic E-state index is 12.7. The fourth-order valence-corrected chi connectivity index (χ4v) is 2.06. The van der Waals surface area contributed by atoms with Crippen molar-refractivity contribution < 1.29 is 18.0 Å². The Bertz CT molecular complexity index is 537. The molecule has 7 heteroatoms. The molecule has 1 N–H and O–H groups in total. The summed E-state index contributed by atoms with van der Waals surface area (Å²) in [5, 5.41) is 11.2. The van der Waals surface area contributed by atoms with Crippen LogP contribution in [0.5, 0.6) is 0 Å². The van der Waals surface area contributed by atoms with Gasteiger partial charge in [0.05, 0.1) is 11.6 Å². The van der Waals surface area contributed by atoms with Crippen molar-refractivity contribution in [2.75, 3.05) is 5.32 Å². The number of hydrogen-bond acceptors (Lipinski definition) is 2. The first-order chi connectivity index (χ1) is 9.29. The van der Waals surface area contributed by atoms with E-state index in [0.717, 1.165) is 6.07 Å². The van der Waals surface area contributed by atoms with Gasteiger partial charge < -0.3 is 5.32 Å². The molecule has 1 aromatic carbocycles. The van der Waals surface area contributed by atoms with Crippen LogP contribution in [0.4, 0.5) is 18.9 Å². The fraction of sp³-hybridized carbons (Fsp3) is 0.385. The molecule has 0 aliphatic rings.